The summed E-state index contributed by atoms with van der Waals surface area (Å²) in [7, 11) is 0. The van der Waals surface area contributed by atoms with E-state index in [-0.39, 0.29) is 22.3 Å². The third kappa shape index (κ3) is 7.14. The molecule has 4 aromatic carbocycles. The van der Waals surface area contributed by atoms with Gasteiger partial charge in [-0.1, -0.05) is 72.8 Å². The zero-order valence-electron chi connectivity index (χ0n) is 23.1. The first kappa shape index (κ1) is 29.2. The quantitative estimate of drug-likeness (QED) is 0.203. The summed E-state index contributed by atoms with van der Waals surface area (Å²) in [6.07, 6.45) is -6.67. The second-order valence-electron chi connectivity index (χ2n) is 9.69. The van der Waals surface area contributed by atoms with Crippen LogP contribution in [0.2, 0.25) is 0 Å². The molecule has 0 aliphatic carbocycles. The van der Waals surface area contributed by atoms with Gasteiger partial charge < -0.3 is 23.7 Å². The molecule has 0 aromatic heterocycles. The molecule has 218 valence electrons. The van der Waals surface area contributed by atoms with E-state index in [1.54, 1.807) is 116 Å². The number of hydrogen-bond donors (Lipinski definition) is 0. The molecule has 5 atom stereocenters. The molecular weight excluding hydrogens is 552 g/mol. The lowest BCUT2D eigenvalue weighted by molar-refractivity contribution is -0.274. The van der Waals surface area contributed by atoms with Crippen LogP contribution in [0.15, 0.2) is 121 Å². The highest BCUT2D eigenvalue weighted by Gasteiger charge is 2.53. The first-order chi connectivity index (χ1) is 20.9. The van der Waals surface area contributed by atoms with Crippen molar-refractivity contribution in [2.24, 2.45) is 0 Å². The molecule has 0 amide bonds. The molecule has 9 heteroatoms. The van der Waals surface area contributed by atoms with Gasteiger partial charge in [0, 0.05) is 0 Å². The predicted octanol–water partition coefficient (Wildman–Crippen LogP) is 5.27. The molecule has 5 rings (SSSR count). The van der Waals surface area contributed by atoms with E-state index in [0.29, 0.717) is 0 Å². The van der Waals surface area contributed by atoms with E-state index in [2.05, 4.69) is 0 Å². The largest absolute Gasteiger partial charge is 0.452 e. The summed E-state index contributed by atoms with van der Waals surface area (Å²) in [6.45, 7) is 1.57. The highest BCUT2D eigenvalue weighted by Crippen LogP contribution is 2.31. The van der Waals surface area contributed by atoms with Gasteiger partial charge in [0.2, 0.25) is 12.4 Å². The summed E-state index contributed by atoms with van der Waals surface area (Å²) in [4.78, 5) is 52.8. The Morgan fingerprint density at radius 1 is 0.442 bits per heavy atom. The van der Waals surface area contributed by atoms with E-state index in [4.69, 9.17) is 23.7 Å². The van der Waals surface area contributed by atoms with Crippen molar-refractivity contribution in [3.63, 3.8) is 0 Å². The Hall–Kier alpha value is -5.28. The molecule has 0 N–H and O–H groups in total. The molecule has 1 aliphatic heterocycles. The minimum atomic E-state index is -1.52. The van der Waals surface area contributed by atoms with Gasteiger partial charge in [-0.3, -0.25) is 0 Å². The molecule has 1 unspecified atom stereocenters. The zero-order valence-corrected chi connectivity index (χ0v) is 23.1. The lowest BCUT2D eigenvalue weighted by Gasteiger charge is -2.43. The van der Waals surface area contributed by atoms with Gasteiger partial charge in [0.1, 0.15) is 0 Å². The summed E-state index contributed by atoms with van der Waals surface area (Å²) in [5.41, 5.74) is 0.876. The van der Waals surface area contributed by atoms with Crippen molar-refractivity contribution < 1.29 is 42.9 Å². The normalized spacial score (nSPS) is 21.2. The van der Waals surface area contributed by atoms with Gasteiger partial charge >= 0.3 is 23.9 Å². The molecule has 0 spiro atoms. The Morgan fingerprint density at radius 3 is 1.12 bits per heavy atom. The van der Waals surface area contributed by atoms with Crippen LogP contribution in [-0.4, -0.2) is 54.6 Å². The average molecular weight is 581 g/mol. The molecule has 0 saturated carbocycles. The van der Waals surface area contributed by atoms with Crippen molar-refractivity contribution in [2.45, 2.75) is 37.6 Å². The summed E-state index contributed by atoms with van der Waals surface area (Å²) in [6, 6.07) is 32.7. The molecule has 9 nitrogen and oxygen atoms in total. The van der Waals surface area contributed by atoms with Gasteiger partial charge in [-0.15, -0.1) is 0 Å². The Labute approximate surface area is 247 Å². The van der Waals surface area contributed by atoms with Crippen LogP contribution in [0.25, 0.3) is 0 Å². The lowest BCUT2D eigenvalue weighted by Crippen LogP contribution is -2.61. The second-order valence-corrected chi connectivity index (χ2v) is 9.69. The molecule has 0 bridgehead atoms. The van der Waals surface area contributed by atoms with Crippen molar-refractivity contribution in [3.8, 4) is 0 Å². The third-order valence-corrected chi connectivity index (χ3v) is 6.72. The maximum atomic E-state index is 13.3. The maximum absolute atomic E-state index is 13.3. The Morgan fingerprint density at radius 2 is 0.744 bits per heavy atom. The summed E-state index contributed by atoms with van der Waals surface area (Å²) in [5, 5.41) is 0. The molecular formula is C34H28O9. The minimum Gasteiger partial charge on any atom is -0.452 e. The highest BCUT2D eigenvalue weighted by molar-refractivity contribution is 5.92. The van der Waals surface area contributed by atoms with Crippen LogP contribution < -0.4 is 0 Å². The number of carbonyl (C=O) groups is 4. The molecule has 4 aromatic rings. The monoisotopic (exact) mass is 580 g/mol. The van der Waals surface area contributed by atoms with Crippen LogP contribution in [0.4, 0.5) is 0 Å². The number of benzene rings is 4. The average Bonchev–Trinajstić information content (AvgIpc) is 3.05. The third-order valence-electron chi connectivity index (χ3n) is 6.72. The summed E-state index contributed by atoms with van der Waals surface area (Å²) >= 11 is 0. The molecule has 1 heterocycles. The number of ether oxygens (including phenoxy) is 5. The smallest absolute Gasteiger partial charge is 0.340 e. The van der Waals surface area contributed by atoms with Crippen LogP contribution in [0.1, 0.15) is 48.4 Å². The Balaban J connectivity index is 1.51. The Kier molecular flexibility index (Phi) is 9.23. The van der Waals surface area contributed by atoms with Crippen molar-refractivity contribution in [1.82, 2.24) is 0 Å². The van der Waals surface area contributed by atoms with Crippen molar-refractivity contribution in [1.29, 1.82) is 0 Å². The van der Waals surface area contributed by atoms with Gasteiger partial charge in [0.15, 0.2) is 12.2 Å². The van der Waals surface area contributed by atoms with E-state index in [0.717, 1.165) is 0 Å². The number of esters is 4. The van der Waals surface area contributed by atoms with Crippen molar-refractivity contribution >= 4 is 23.9 Å². The SMILES string of the molecule is C[C@@H]1OC(OC(=O)c2ccccc2)[C@@H](OC(=O)c2ccccc2)[C@H](OC(=O)c2ccccc2)[C@H]1OC(=O)c1ccccc1. The van der Waals surface area contributed by atoms with Gasteiger partial charge in [0.25, 0.3) is 0 Å². The van der Waals surface area contributed by atoms with Crippen LogP contribution in [0.5, 0.6) is 0 Å². The molecule has 1 aliphatic rings. The first-order valence-corrected chi connectivity index (χ1v) is 13.6. The number of hydrogen-bond acceptors (Lipinski definition) is 9. The van der Waals surface area contributed by atoms with Gasteiger partial charge in [0.05, 0.1) is 28.4 Å². The molecule has 0 radical (unpaired) electrons. The van der Waals surface area contributed by atoms with E-state index >= 15 is 0 Å². The maximum Gasteiger partial charge on any atom is 0.340 e. The van der Waals surface area contributed by atoms with E-state index in [1.807, 2.05) is 0 Å². The lowest BCUT2D eigenvalue weighted by atomic mass is 9.98. The first-order valence-electron chi connectivity index (χ1n) is 13.6. The van der Waals surface area contributed by atoms with Crippen LogP contribution >= 0.6 is 0 Å². The molecule has 1 saturated heterocycles. The molecule has 1 fully saturated rings. The topological polar surface area (TPSA) is 114 Å². The second kappa shape index (κ2) is 13.6. The molecule has 43 heavy (non-hydrogen) atoms. The fourth-order valence-electron chi connectivity index (χ4n) is 4.54. The zero-order chi connectivity index (χ0) is 30.2. The summed E-state index contributed by atoms with van der Waals surface area (Å²) in [5.74, 6) is -3.03. The fourth-order valence-corrected chi connectivity index (χ4v) is 4.54. The van der Waals surface area contributed by atoms with Crippen LogP contribution in [0, 0.1) is 0 Å². The van der Waals surface area contributed by atoms with Gasteiger partial charge in [-0.05, 0) is 55.5 Å². The van der Waals surface area contributed by atoms with E-state index < -0.39 is 54.6 Å². The fraction of sp³-hybridized carbons (Fsp3) is 0.176. The number of carbonyl (C=O) groups excluding carboxylic acids is 4. The number of rotatable bonds is 8. The minimum absolute atomic E-state index is 0.195. The van der Waals surface area contributed by atoms with Crippen LogP contribution in [0.3, 0.4) is 0 Å². The predicted molar refractivity (Wildman–Crippen MR) is 153 cm³/mol. The van der Waals surface area contributed by atoms with E-state index in [9.17, 15) is 19.2 Å². The van der Waals surface area contributed by atoms with E-state index in [1.165, 1.54) is 12.1 Å². The highest BCUT2D eigenvalue weighted by atomic mass is 16.7. The van der Waals surface area contributed by atoms with Crippen molar-refractivity contribution in [2.75, 3.05) is 0 Å². The van der Waals surface area contributed by atoms with Gasteiger partial charge in [-0.25, -0.2) is 19.2 Å². The summed E-state index contributed by atoms with van der Waals surface area (Å²) < 4.78 is 29.2. The van der Waals surface area contributed by atoms with Crippen LogP contribution in [-0.2, 0) is 23.7 Å². The van der Waals surface area contributed by atoms with Crippen molar-refractivity contribution in [3.05, 3.63) is 144 Å². The van der Waals surface area contributed by atoms with Gasteiger partial charge in [-0.2, -0.15) is 0 Å². The Bertz CT molecular complexity index is 1540. The standard InChI is InChI=1S/C34H28O9/c1-22-27(40-30(35)23-14-6-2-7-15-23)28(41-31(36)24-16-8-3-9-17-24)29(42-32(37)25-18-10-4-11-19-25)34(39-22)43-33(38)26-20-12-5-13-21-26/h2-22,27-29,34H,1H3/t22-,27-,28+,29-,34?/m0/s1.